The van der Waals surface area contributed by atoms with E-state index in [9.17, 15) is 9.59 Å². The molecule has 80 valence electrons. The topological polar surface area (TPSA) is 79.3 Å². The van der Waals surface area contributed by atoms with Crippen LogP contribution in [0.25, 0.3) is 0 Å². The highest BCUT2D eigenvalue weighted by Crippen LogP contribution is 2.09. The minimum absolute atomic E-state index is 0.00928. The van der Waals surface area contributed by atoms with Crippen molar-refractivity contribution in [1.29, 1.82) is 0 Å². The number of aromatic nitrogens is 1. The molecule has 15 heavy (non-hydrogen) atoms. The van der Waals surface area contributed by atoms with Crippen molar-refractivity contribution in [1.82, 2.24) is 4.98 Å². The van der Waals surface area contributed by atoms with Crippen LogP contribution < -0.4 is 5.32 Å². The van der Waals surface area contributed by atoms with E-state index >= 15 is 0 Å². The van der Waals surface area contributed by atoms with Gasteiger partial charge in [0.25, 0.3) is 0 Å². The molecule has 0 fully saturated rings. The van der Waals surface area contributed by atoms with E-state index in [1.807, 2.05) is 0 Å². The lowest BCUT2D eigenvalue weighted by molar-refractivity contribution is -0.115. The molecule has 0 aliphatic rings. The molecule has 0 radical (unpaired) electrons. The number of carbonyl (C=O) groups excluding carboxylic acids is 1. The molecular formula is C9H9ClN2O3. The van der Waals surface area contributed by atoms with E-state index in [1.54, 1.807) is 0 Å². The van der Waals surface area contributed by atoms with E-state index in [0.29, 0.717) is 5.69 Å². The second kappa shape index (κ2) is 4.75. The second-order valence-corrected chi connectivity index (χ2v) is 3.53. The average Bonchev–Trinajstić information content (AvgIpc) is 2.18. The SMILES string of the molecule is CC(Cl)C(=O)Nc1cncc(C(=O)O)c1. The standard InChI is InChI=1S/C9H9ClN2O3/c1-5(10)8(13)12-7-2-6(9(14)15)3-11-4-7/h2-5H,1H3,(H,12,13)(H,14,15). The Morgan fingerprint density at radius 1 is 1.53 bits per heavy atom. The fourth-order valence-electron chi connectivity index (χ4n) is 0.867. The van der Waals surface area contributed by atoms with Gasteiger partial charge in [0.15, 0.2) is 0 Å². The summed E-state index contributed by atoms with van der Waals surface area (Å²) in [6.07, 6.45) is 2.55. The molecule has 1 unspecified atom stereocenters. The molecule has 1 aromatic heterocycles. The number of nitrogens with zero attached hydrogens (tertiary/aromatic N) is 1. The van der Waals surface area contributed by atoms with Gasteiger partial charge in [0.05, 0.1) is 17.4 Å². The number of hydrogen-bond acceptors (Lipinski definition) is 3. The Morgan fingerprint density at radius 3 is 2.73 bits per heavy atom. The first-order valence-electron chi connectivity index (χ1n) is 4.14. The molecule has 0 aromatic carbocycles. The summed E-state index contributed by atoms with van der Waals surface area (Å²) in [4.78, 5) is 25.4. The number of alkyl halides is 1. The third-order valence-corrected chi connectivity index (χ3v) is 1.81. The molecule has 6 heteroatoms. The number of amides is 1. The van der Waals surface area contributed by atoms with Gasteiger partial charge < -0.3 is 10.4 Å². The summed E-state index contributed by atoms with van der Waals surface area (Å²) in [5.74, 6) is -1.50. The van der Waals surface area contributed by atoms with Gasteiger partial charge in [-0.25, -0.2) is 4.79 Å². The molecule has 1 rings (SSSR count). The van der Waals surface area contributed by atoms with Crippen LogP contribution in [0, 0.1) is 0 Å². The van der Waals surface area contributed by atoms with Crippen molar-refractivity contribution < 1.29 is 14.7 Å². The third kappa shape index (κ3) is 3.21. The summed E-state index contributed by atoms with van der Waals surface area (Å²) in [5, 5.41) is 10.4. The Morgan fingerprint density at radius 2 is 2.20 bits per heavy atom. The summed E-state index contributed by atoms with van der Waals surface area (Å²) in [6.45, 7) is 1.52. The molecular weight excluding hydrogens is 220 g/mol. The molecule has 1 heterocycles. The molecule has 1 aromatic rings. The van der Waals surface area contributed by atoms with Crippen LogP contribution in [0.15, 0.2) is 18.5 Å². The number of anilines is 1. The van der Waals surface area contributed by atoms with E-state index in [2.05, 4.69) is 10.3 Å². The van der Waals surface area contributed by atoms with Gasteiger partial charge in [0.1, 0.15) is 5.38 Å². The molecule has 0 saturated carbocycles. The van der Waals surface area contributed by atoms with E-state index in [4.69, 9.17) is 16.7 Å². The van der Waals surface area contributed by atoms with Crippen LogP contribution in [0.2, 0.25) is 0 Å². The molecule has 1 atom stereocenters. The summed E-state index contributed by atoms with van der Waals surface area (Å²) in [6, 6.07) is 1.31. The fourth-order valence-corrected chi connectivity index (χ4v) is 0.922. The number of halogens is 1. The van der Waals surface area contributed by atoms with Crippen molar-refractivity contribution in [2.24, 2.45) is 0 Å². The van der Waals surface area contributed by atoms with Crippen LogP contribution in [-0.4, -0.2) is 27.3 Å². The normalized spacial score (nSPS) is 11.9. The van der Waals surface area contributed by atoms with Crippen molar-refractivity contribution in [3.63, 3.8) is 0 Å². The average molecular weight is 229 g/mol. The maximum Gasteiger partial charge on any atom is 0.337 e. The van der Waals surface area contributed by atoms with Gasteiger partial charge in [-0.15, -0.1) is 11.6 Å². The first-order valence-corrected chi connectivity index (χ1v) is 4.57. The van der Waals surface area contributed by atoms with Crippen LogP contribution in [-0.2, 0) is 4.79 Å². The van der Waals surface area contributed by atoms with Crippen molar-refractivity contribution in [3.8, 4) is 0 Å². The Kier molecular flexibility index (Phi) is 3.62. The van der Waals surface area contributed by atoms with E-state index in [-0.39, 0.29) is 5.56 Å². The fraction of sp³-hybridized carbons (Fsp3) is 0.222. The Balaban J connectivity index is 2.83. The number of carboxylic acids is 1. The number of hydrogen-bond donors (Lipinski definition) is 2. The van der Waals surface area contributed by atoms with E-state index in [0.717, 1.165) is 0 Å². The second-order valence-electron chi connectivity index (χ2n) is 2.87. The Labute approximate surface area is 91.1 Å². The number of carbonyl (C=O) groups is 2. The number of aromatic carboxylic acids is 1. The van der Waals surface area contributed by atoms with Crippen LogP contribution in [0.4, 0.5) is 5.69 Å². The molecule has 0 aliphatic heterocycles. The van der Waals surface area contributed by atoms with Gasteiger partial charge >= 0.3 is 5.97 Å². The summed E-state index contributed by atoms with van der Waals surface area (Å²) >= 11 is 5.53. The Hall–Kier alpha value is -1.62. The summed E-state index contributed by atoms with van der Waals surface area (Å²) in [5.41, 5.74) is 0.322. The van der Waals surface area contributed by atoms with Gasteiger partial charge in [-0.2, -0.15) is 0 Å². The number of carboxylic acid groups (broad SMARTS) is 1. The van der Waals surface area contributed by atoms with Crippen molar-refractivity contribution in [2.75, 3.05) is 5.32 Å². The zero-order valence-electron chi connectivity index (χ0n) is 7.90. The molecule has 0 spiro atoms. The molecule has 2 N–H and O–H groups in total. The molecule has 0 bridgehead atoms. The predicted octanol–water partition coefficient (Wildman–Crippen LogP) is 1.35. The van der Waals surface area contributed by atoms with Crippen LogP contribution in [0.3, 0.4) is 0 Å². The maximum atomic E-state index is 11.2. The molecule has 1 amide bonds. The summed E-state index contributed by atoms with van der Waals surface area (Å²) in [7, 11) is 0. The highest BCUT2D eigenvalue weighted by atomic mass is 35.5. The minimum Gasteiger partial charge on any atom is -0.478 e. The first kappa shape index (κ1) is 11.5. The zero-order valence-corrected chi connectivity index (χ0v) is 8.65. The third-order valence-electron chi connectivity index (χ3n) is 1.61. The minimum atomic E-state index is -1.10. The highest BCUT2D eigenvalue weighted by molar-refractivity contribution is 6.32. The first-order chi connectivity index (χ1) is 7.00. The van der Waals surface area contributed by atoms with Crippen LogP contribution in [0.1, 0.15) is 17.3 Å². The van der Waals surface area contributed by atoms with Gasteiger partial charge in [-0.3, -0.25) is 9.78 Å². The summed E-state index contributed by atoms with van der Waals surface area (Å²) < 4.78 is 0. The number of nitrogens with one attached hydrogen (secondary N) is 1. The van der Waals surface area contributed by atoms with Gasteiger partial charge in [-0.1, -0.05) is 0 Å². The largest absolute Gasteiger partial charge is 0.478 e. The van der Waals surface area contributed by atoms with Crippen molar-refractivity contribution in [3.05, 3.63) is 24.0 Å². The predicted molar refractivity (Wildman–Crippen MR) is 55.1 cm³/mol. The maximum absolute atomic E-state index is 11.2. The van der Waals surface area contributed by atoms with E-state index in [1.165, 1.54) is 25.4 Å². The molecule has 0 saturated heterocycles. The van der Waals surface area contributed by atoms with Gasteiger partial charge in [0.2, 0.25) is 5.91 Å². The number of rotatable bonds is 3. The lowest BCUT2D eigenvalue weighted by atomic mass is 10.2. The smallest absolute Gasteiger partial charge is 0.337 e. The Bertz CT molecular complexity index is 393. The highest BCUT2D eigenvalue weighted by Gasteiger charge is 2.10. The number of pyridine rings is 1. The molecule has 0 aliphatic carbocycles. The monoisotopic (exact) mass is 228 g/mol. The quantitative estimate of drug-likeness (QED) is 0.766. The van der Waals surface area contributed by atoms with Crippen molar-refractivity contribution in [2.45, 2.75) is 12.3 Å². The van der Waals surface area contributed by atoms with Crippen molar-refractivity contribution >= 4 is 29.2 Å². The van der Waals surface area contributed by atoms with Crippen LogP contribution >= 0.6 is 11.6 Å². The molecule has 5 nitrogen and oxygen atoms in total. The lowest BCUT2D eigenvalue weighted by Crippen LogP contribution is -2.20. The van der Waals surface area contributed by atoms with Gasteiger partial charge in [-0.05, 0) is 13.0 Å². The lowest BCUT2D eigenvalue weighted by Gasteiger charge is -2.06. The van der Waals surface area contributed by atoms with Gasteiger partial charge in [0, 0.05) is 6.20 Å². The van der Waals surface area contributed by atoms with Crippen LogP contribution in [0.5, 0.6) is 0 Å². The zero-order chi connectivity index (χ0) is 11.4. The van der Waals surface area contributed by atoms with E-state index < -0.39 is 17.3 Å².